The fourth-order valence-corrected chi connectivity index (χ4v) is 1.36. The summed E-state index contributed by atoms with van der Waals surface area (Å²) in [4.78, 5) is -0.241. The van der Waals surface area contributed by atoms with Crippen LogP contribution in [0.2, 0.25) is 0 Å². The molecule has 0 aliphatic heterocycles. The predicted molar refractivity (Wildman–Crippen MR) is 43.6 cm³/mol. The van der Waals surface area contributed by atoms with Gasteiger partial charge in [0.2, 0.25) is 0 Å². The molecule has 1 rings (SSSR count). The van der Waals surface area contributed by atoms with Crippen molar-refractivity contribution in [3.63, 3.8) is 0 Å². The Hall–Kier alpha value is 0.566. The molecule has 0 amide bonds. The van der Waals surface area contributed by atoms with Crippen LogP contribution in [0, 0.1) is 6.92 Å². The third-order valence-electron chi connectivity index (χ3n) is 1.53. The summed E-state index contributed by atoms with van der Waals surface area (Å²) in [7, 11) is -4.35. The molecule has 0 unspecified atom stereocenters. The SMILES string of the molecule is Cc1cc(S(=O)(=O)[O-])ccc1N.[K+]. The van der Waals surface area contributed by atoms with E-state index in [4.69, 9.17) is 5.73 Å². The zero-order valence-electron chi connectivity index (χ0n) is 7.44. The first-order chi connectivity index (χ1) is 5.41. The standard InChI is InChI=1S/C7H9NO3S.K/c1-5-4-6(12(9,10)11)2-3-7(5)8;/h2-4H,8H2,1H3,(H,9,10,11);/q;+1/p-1. The Morgan fingerprint density at radius 1 is 1.38 bits per heavy atom. The first kappa shape index (κ1) is 13.6. The second-order valence-corrected chi connectivity index (χ2v) is 3.85. The quantitative estimate of drug-likeness (QED) is 0.325. The molecule has 0 aliphatic rings. The van der Waals surface area contributed by atoms with E-state index in [0.717, 1.165) is 0 Å². The van der Waals surface area contributed by atoms with Gasteiger partial charge >= 0.3 is 51.4 Å². The maximum absolute atomic E-state index is 10.5. The smallest absolute Gasteiger partial charge is 0.744 e. The monoisotopic (exact) mass is 225 g/mol. The molecule has 0 heterocycles. The average molecular weight is 225 g/mol. The van der Waals surface area contributed by atoms with E-state index in [1.54, 1.807) is 6.92 Å². The first-order valence-electron chi connectivity index (χ1n) is 3.23. The average Bonchev–Trinajstić information content (AvgIpc) is 1.92. The van der Waals surface area contributed by atoms with Gasteiger partial charge in [0.25, 0.3) is 0 Å². The van der Waals surface area contributed by atoms with E-state index in [-0.39, 0.29) is 56.3 Å². The van der Waals surface area contributed by atoms with Crippen LogP contribution in [0.1, 0.15) is 5.56 Å². The molecular formula is C7H8KNO3S. The van der Waals surface area contributed by atoms with Crippen LogP contribution in [0.25, 0.3) is 0 Å². The van der Waals surface area contributed by atoms with Crippen LogP contribution in [-0.4, -0.2) is 13.0 Å². The molecule has 2 N–H and O–H groups in total. The number of benzene rings is 1. The van der Waals surface area contributed by atoms with Gasteiger partial charge in [-0.1, -0.05) is 0 Å². The van der Waals surface area contributed by atoms with Crippen LogP contribution in [0.5, 0.6) is 0 Å². The number of hydrogen-bond acceptors (Lipinski definition) is 4. The van der Waals surface area contributed by atoms with Gasteiger partial charge < -0.3 is 10.3 Å². The van der Waals surface area contributed by atoms with Gasteiger partial charge in [-0.2, -0.15) is 0 Å². The minimum atomic E-state index is -4.35. The molecule has 0 fully saturated rings. The number of rotatable bonds is 1. The van der Waals surface area contributed by atoms with Gasteiger partial charge in [0, 0.05) is 5.69 Å². The normalized spacial score (nSPS) is 10.6. The molecular weight excluding hydrogens is 217 g/mol. The third kappa shape index (κ3) is 3.66. The van der Waals surface area contributed by atoms with E-state index in [9.17, 15) is 13.0 Å². The fourth-order valence-electron chi connectivity index (χ4n) is 0.804. The molecule has 0 spiro atoms. The number of aryl methyl sites for hydroxylation is 1. The number of nitrogen functional groups attached to an aromatic ring is 1. The summed E-state index contributed by atoms with van der Waals surface area (Å²) in [5.41, 5.74) is 6.50. The first-order valence-corrected chi connectivity index (χ1v) is 4.64. The van der Waals surface area contributed by atoms with E-state index < -0.39 is 10.1 Å². The number of nitrogens with two attached hydrogens (primary N) is 1. The number of hydrogen-bond donors (Lipinski definition) is 1. The molecule has 6 heteroatoms. The Bertz CT molecular complexity index is 402. The van der Waals surface area contributed by atoms with E-state index in [1.807, 2.05) is 0 Å². The molecule has 0 saturated carbocycles. The molecule has 1 aromatic carbocycles. The summed E-state index contributed by atoms with van der Waals surface area (Å²) in [6.45, 7) is 1.64. The maximum Gasteiger partial charge on any atom is 1.00 e. The largest absolute Gasteiger partial charge is 1.00 e. The molecule has 4 nitrogen and oxygen atoms in total. The van der Waals surface area contributed by atoms with Crippen LogP contribution in [0.4, 0.5) is 5.69 Å². The van der Waals surface area contributed by atoms with Gasteiger partial charge in [-0.3, -0.25) is 0 Å². The van der Waals surface area contributed by atoms with Gasteiger partial charge in [0.15, 0.2) is 0 Å². The Morgan fingerprint density at radius 3 is 2.31 bits per heavy atom. The van der Waals surface area contributed by atoms with Crippen LogP contribution < -0.4 is 57.1 Å². The number of anilines is 1. The molecule has 13 heavy (non-hydrogen) atoms. The fraction of sp³-hybridized carbons (Fsp3) is 0.143. The van der Waals surface area contributed by atoms with Crippen LogP contribution in [0.15, 0.2) is 23.1 Å². The molecule has 0 aromatic heterocycles. The van der Waals surface area contributed by atoms with Crippen molar-refractivity contribution in [1.29, 1.82) is 0 Å². The maximum atomic E-state index is 10.5. The Labute approximate surface area is 120 Å². The van der Waals surface area contributed by atoms with E-state index in [1.165, 1.54) is 18.2 Å². The van der Waals surface area contributed by atoms with E-state index >= 15 is 0 Å². The summed E-state index contributed by atoms with van der Waals surface area (Å²) >= 11 is 0. The molecule has 66 valence electrons. The van der Waals surface area contributed by atoms with Crippen LogP contribution >= 0.6 is 0 Å². The Balaban J connectivity index is 0.00000144. The minimum Gasteiger partial charge on any atom is -0.744 e. The Kier molecular flexibility index (Phi) is 5.09. The third-order valence-corrected chi connectivity index (χ3v) is 2.36. The van der Waals surface area contributed by atoms with Gasteiger partial charge in [-0.25, -0.2) is 8.42 Å². The van der Waals surface area contributed by atoms with Crippen molar-refractivity contribution in [2.75, 3.05) is 5.73 Å². The topological polar surface area (TPSA) is 83.2 Å². The van der Waals surface area contributed by atoms with Crippen molar-refractivity contribution in [3.8, 4) is 0 Å². The summed E-state index contributed by atoms with van der Waals surface area (Å²) in [6, 6.07) is 3.86. The predicted octanol–water partition coefficient (Wildman–Crippen LogP) is -2.51. The zero-order valence-corrected chi connectivity index (χ0v) is 11.4. The van der Waals surface area contributed by atoms with Gasteiger partial charge in [-0.15, -0.1) is 0 Å². The van der Waals surface area contributed by atoms with Crippen molar-refractivity contribution < 1.29 is 64.4 Å². The molecule has 0 radical (unpaired) electrons. The minimum absolute atomic E-state index is 0. The van der Waals surface area contributed by atoms with Crippen molar-refractivity contribution in [2.24, 2.45) is 0 Å². The van der Waals surface area contributed by atoms with Gasteiger partial charge in [0.1, 0.15) is 10.1 Å². The van der Waals surface area contributed by atoms with Crippen molar-refractivity contribution in [3.05, 3.63) is 23.8 Å². The van der Waals surface area contributed by atoms with Crippen LogP contribution in [-0.2, 0) is 10.1 Å². The van der Waals surface area contributed by atoms with Crippen molar-refractivity contribution in [1.82, 2.24) is 0 Å². The van der Waals surface area contributed by atoms with E-state index in [0.29, 0.717) is 11.3 Å². The molecule has 0 bridgehead atoms. The summed E-state index contributed by atoms with van der Waals surface area (Å²) in [5, 5.41) is 0. The molecule has 0 atom stereocenters. The van der Waals surface area contributed by atoms with Crippen molar-refractivity contribution >= 4 is 15.8 Å². The Morgan fingerprint density at radius 2 is 1.92 bits per heavy atom. The van der Waals surface area contributed by atoms with Crippen LogP contribution in [0.3, 0.4) is 0 Å². The summed E-state index contributed by atoms with van der Waals surface area (Å²) < 4.78 is 31.5. The van der Waals surface area contributed by atoms with Gasteiger partial charge in [-0.05, 0) is 30.7 Å². The molecule has 1 aromatic rings. The van der Waals surface area contributed by atoms with Crippen molar-refractivity contribution in [2.45, 2.75) is 11.8 Å². The second kappa shape index (κ2) is 4.88. The zero-order chi connectivity index (χ0) is 9.35. The van der Waals surface area contributed by atoms with E-state index in [2.05, 4.69) is 0 Å². The summed E-state index contributed by atoms with van der Waals surface area (Å²) in [6.07, 6.45) is 0. The second-order valence-electron chi connectivity index (χ2n) is 2.47. The summed E-state index contributed by atoms with van der Waals surface area (Å²) in [5.74, 6) is 0. The molecule has 0 saturated heterocycles. The van der Waals surface area contributed by atoms with Gasteiger partial charge in [0.05, 0.1) is 4.90 Å². The molecule has 0 aliphatic carbocycles.